The molecule has 1 aliphatic rings. The molecule has 8 heteroatoms. The van der Waals surface area contributed by atoms with Crippen LogP contribution in [0.3, 0.4) is 0 Å². The third-order valence-electron chi connectivity index (χ3n) is 5.70. The molecular weight excluding hydrogens is 422 g/mol. The van der Waals surface area contributed by atoms with Crippen molar-refractivity contribution < 1.29 is 9.53 Å². The van der Waals surface area contributed by atoms with Gasteiger partial charge >= 0.3 is 0 Å². The van der Waals surface area contributed by atoms with E-state index in [1.165, 1.54) is 11.8 Å². The number of aromatic nitrogens is 4. The zero-order chi connectivity index (χ0) is 21.9. The van der Waals surface area contributed by atoms with E-state index in [-0.39, 0.29) is 17.8 Å². The predicted octanol–water partition coefficient (Wildman–Crippen LogP) is 4.11. The van der Waals surface area contributed by atoms with Gasteiger partial charge in [-0.1, -0.05) is 48.2 Å². The average molecular weight is 448 g/mol. The largest absolute Gasteiger partial charge is 0.376 e. The summed E-state index contributed by atoms with van der Waals surface area (Å²) in [4.78, 5) is 15.8. The molecule has 1 fully saturated rings. The molecule has 2 N–H and O–H groups in total. The van der Waals surface area contributed by atoms with Gasteiger partial charge in [-0.25, -0.2) is 0 Å². The van der Waals surface area contributed by atoms with E-state index in [0.29, 0.717) is 11.7 Å². The number of nitrogens with zero attached hydrogens (tertiary/aromatic N) is 3. The quantitative estimate of drug-likeness (QED) is 0.417. The van der Waals surface area contributed by atoms with Gasteiger partial charge in [-0.3, -0.25) is 9.36 Å². The van der Waals surface area contributed by atoms with Crippen LogP contribution in [0.15, 0.2) is 59.9 Å². The lowest BCUT2D eigenvalue weighted by Gasteiger charge is -2.13. The maximum Gasteiger partial charge on any atom is 0.230 e. The van der Waals surface area contributed by atoms with Crippen molar-refractivity contribution in [2.45, 2.75) is 31.0 Å². The first kappa shape index (κ1) is 20.8. The maximum absolute atomic E-state index is 12.4. The van der Waals surface area contributed by atoms with Gasteiger partial charge in [0.2, 0.25) is 5.91 Å². The van der Waals surface area contributed by atoms with Crippen molar-refractivity contribution in [3.05, 3.63) is 60.3 Å². The lowest BCUT2D eigenvalue weighted by Crippen LogP contribution is -2.32. The van der Waals surface area contributed by atoms with Crippen molar-refractivity contribution in [3.8, 4) is 17.1 Å². The maximum atomic E-state index is 12.4. The number of hydrogen-bond donors (Lipinski definition) is 2. The van der Waals surface area contributed by atoms with E-state index in [1.54, 1.807) is 0 Å². The summed E-state index contributed by atoms with van der Waals surface area (Å²) >= 11 is 1.39. The first-order chi connectivity index (χ1) is 15.7. The highest BCUT2D eigenvalue weighted by Crippen LogP contribution is 2.33. The van der Waals surface area contributed by atoms with Gasteiger partial charge in [0.25, 0.3) is 0 Å². The molecule has 0 saturated carbocycles. The van der Waals surface area contributed by atoms with Gasteiger partial charge in [-0.15, -0.1) is 10.2 Å². The van der Waals surface area contributed by atoms with Crippen molar-refractivity contribution in [2.75, 3.05) is 18.9 Å². The summed E-state index contributed by atoms with van der Waals surface area (Å²) in [6.45, 7) is 3.41. The number of aryl methyl sites for hydroxylation is 1. The van der Waals surface area contributed by atoms with Gasteiger partial charge in [0.1, 0.15) is 0 Å². The molecular formula is C24H25N5O2S. The van der Waals surface area contributed by atoms with E-state index in [9.17, 15) is 4.79 Å². The highest BCUT2D eigenvalue weighted by Gasteiger charge is 2.21. The van der Waals surface area contributed by atoms with E-state index in [1.807, 2.05) is 41.1 Å². The van der Waals surface area contributed by atoms with Crippen molar-refractivity contribution in [3.63, 3.8) is 0 Å². The van der Waals surface area contributed by atoms with E-state index in [0.717, 1.165) is 53.0 Å². The van der Waals surface area contributed by atoms with Crippen molar-refractivity contribution in [1.29, 1.82) is 0 Å². The minimum atomic E-state index is -0.0292. The summed E-state index contributed by atoms with van der Waals surface area (Å²) in [6, 6.07) is 16.3. The molecule has 1 atom stereocenters. The van der Waals surface area contributed by atoms with Crippen LogP contribution in [-0.2, 0) is 9.53 Å². The molecule has 5 rings (SSSR count). The Hall–Kier alpha value is -3.10. The molecule has 0 spiro atoms. The lowest BCUT2D eigenvalue weighted by atomic mass is 10.1. The third-order valence-corrected chi connectivity index (χ3v) is 6.63. The number of hydrogen-bond acceptors (Lipinski definition) is 5. The summed E-state index contributed by atoms with van der Waals surface area (Å²) < 4.78 is 7.63. The van der Waals surface area contributed by atoms with Gasteiger partial charge in [0.05, 0.1) is 17.5 Å². The number of benzene rings is 2. The molecule has 164 valence electrons. The fourth-order valence-electron chi connectivity index (χ4n) is 4.04. The van der Waals surface area contributed by atoms with Crippen LogP contribution in [0.2, 0.25) is 0 Å². The van der Waals surface area contributed by atoms with Crippen LogP contribution in [-0.4, -0.2) is 50.7 Å². The number of aromatic amines is 1. The summed E-state index contributed by atoms with van der Waals surface area (Å²) in [6.07, 6.45) is 4.16. The second-order valence-electron chi connectivity index (χ2n) is 7.90. The summed E-state index contributed by atoms with van der Waals surface area (Å²) in [7, 11) is 0. The normalized spacial score (nSPS) is 16.0. The number of fused-ring (bicyclic) bond motifs is 1. The highest BCUT2D eigenvalue weighted by molar-refractivity contribution is 7.99. The third kappa shape index (κ3) is 4.16. The number of thioether (sulfide) groups is 1. The SMILES string of the molecule is Cc1ccccc1-n1c(SCC(=O)NCC2CCCO2)nnc1-c1c[nH]c2ccccc12. The van der Waals surface area contributed by atoms with Crippen molar-refractivity contribution in [2.24, 2.45) is 0 Å². The molecule has 0 aliphatic carbocycles. The minimum absolute atomic E-state index is 0.0292. The Morgan fingerprint density at radius 2 is 2.06 bits per heavy atom. The molecule has 0 bridgehead atoms. The molecule has 7 nitrogen and oxygen atoms in total. The standard InChI is InChI=1S/C24H25N5O2S/c1-16-7-2-5-11-21(16)29-23(19-14-25-20-10-4-3-9-18(19)20)27-28-24(29)32-15-22(30)26-13-17-8-6-12-31-17/h2-5,7,9-11,14,17,25H,6,8,12-13,15H2,1H3,(H,26,30). The summed E-state index contributed by atoms with van der Waals surface area (Å²) in [5, 5.41) is 13.7. The zero-order valence-corrected chi connectivity index (χ0v) is 18.7. The van der Waals surface area contributed by atoms with Crippen LogP contribution in [0.25, 0.3) is 28.0 Å². The summed E-state index contributed by atoms with van der Waals surface area (Å²) in [5.41, 5.74) is 4.13. The number of amides is 1. The second kappa shape index (κ2) is 9.18. The van der Waals surface area contributed by atoms with Crippen molar-refractivity contribution >= 4 is 28.6 Å². The second-order valence-corrected chi connectivity index (χ2v) is 8.85. The van der Waals surface area contributed by atoms with Gasteiger partial charge in [0.15, 0.2) is 11.0 Å². The van der Waals surface area contributed by atoms with Crippen LogP contribution in [0.4, 0.5) is 0 Å². The zero-order valence-electron chi connectivity index (χ0n) is 17.9. The average Bonchev–Trinajstić information content (AvgIpc) is 3.56. The smallest absolute Gasteiger partial charge is 0.230 e. The Balaban J connectivity index is 1.44. The Labute approximate surface area is 190 Å². The van der Waals surface area contributed by atoms with Crippen molar-refractivity contribution in [1.82, 2.24) is 25.1 Å². The molecule has 4 aromatic rings. The molecule has 32 heavy (non-hydrogen) atoms. The van der Waals surface area contributed by atoms with Gasteiger partial charge < -0.3 is 15.0 Å². The molecule has 1 amide bonds. The van der Waals surface area contributed by atoms with E-state index >= 15 is 0 Å². The Kier molecular flexibility index (Phi) is 5.96. The highest BCUT2D eigenvalue weighted by atomic mass is 32.2. The van der Waals surface area contributed by atoms with Crippen LogP contribution in [0, 0.1) is 6.92 Å². The van der Waals surface area contributed by atoms with E-state index in [4.69, 9.17) is 4.74 Å². The molecule has 1 saturated heterocycles. The molecule has 2 aromatic carbocycles. The van der Waals surface area contributed by atoms with Gasteiger partial charge in [-0.2, -0.15) is 0 Å². The van der Waals surface area contributed by atoms with Crippen LogP contribution >= 0.6 is 11.8 Å². The van der Waals surface area contributed by atoms with E-state index < -0.39 is 0 Å². The molecule has 1 unspecified atom stereocenters. The number of carbonyl (C=O) groups is 1. The monoisotopic (exact) mass is 447 g/mol. The molecule has 3 heterocycles. The van der Waals surface area contributed by atoms with Gasteiger partial charge in [0, 0.05) is 35.8 Å². The first-order valence-electron chi connectivity index (χ1n) is 10.8. The van der Waals surface area contributed by atoms with Crippen LogP contribution < -0.4 is 5.32 Å². The number of rotatable bonds is 7. The fourth-order valence-corrected chi connectivity index (χ4v) is 4.81. The van der Waals surface area contributed by atoms with Gasteiger partial charge in [-0.05, 0) is 37.5 Å². The topological polar surface area (TPSA) is 84.8 Å². The van der Waals surface area contributed by atoms with E-state index in [2.05, 4.69) is 45.6 Å². The summed E-state index contributed by atoms with van der Waals surface area (Å²) in [5.74, 6) is 0.988. The molecule has 2 aromatic heterocycles. The molecule has 1 aliphatic heterocycles. The van der Waals surface area contributed by atoms with Crippen LogP contribution in [0.1, 0.15) is 18.4 Å². The number of nitrogens with one attached hydrogen (secondary N) is 2. The number of carbonyl (C=O) groups excluding carboxylic acids is 1. The predicted molar refractivity (Wildman–Crippen MR) is 126 cm³/mol. The van der Waals surface area contributed by atoms with Crippen LogP contribution in [0.5, 0.6) is 0 Å². The fraction of sp³-hybridized carbons (Fsp3) is 0.292. The molecule has 0 radical (unpaired) electrons. The minimum Gasteiger partial charge on any atom is -0.376 e. The number of para-hydroxylation sites is 2. The number of ether oxygens (including phenoxy) is 1. The first-order valence-corrected chi connectivity index (χ1v) is 11.8. The Bertz CT molecular complexity index is 1240. The number of H-pyrrole nitrogens is 1. The Morgan fingerprint density at radius 1 is 1.22 bits per heavy atom. The Morgan fingerprint density at radius 3 is 2.91 bits per heavy atom. The lowest BCUT2D eigenvalue weighted by molar-refractivity contribution is -0.119.